The van der Waals surface area contributed by atoms with Crippen LogP contribution < -0.4 is 10.6 Å². The van der Waals surface area contributed by atoms with Gasteiger partial charge in [-0.2, -0.15) is 0 Å². The summed E-state index contributed by atoms with van der Waals surface area (Å²) in [6.07, 6.45) is 0. The maximum absolute atomic E-state index is 12.0. The standard InChI is InChI=1S/C15H26N4O3S.HI/c1-12(11-22-5)18-15(16-2)17-10-13-6-8-14(9-7-13)23(20,21)19(3)4;/h6-9,12H,10-11H2,1-5H3,(H2,16,17,18);1H. The highest BCUT2D eigenvalue weighted by Crippen LogP contribution is 2.13. The SMILES string of the molecule is CN=C(NCc1ccc(S(=O)(=O)N(C)C)cc1)NC(C)COC.I. The highest BCUT2D eigenvalue weighted by atomic mass is 127. The van der Waals surface area contributed by atoms with E-state index in [1.54, 1.807) is 38.4 Å². The monoisotopic (exact) mass is 470 g/mol. The molecule has 0 saturated heterocycles. The summed E-state index contributed by atoms with van der Waals surface area (Å²) >= 11 is 0. The first-order valence-corrected chi connectivity index (χ1v) is 8.73. The molecule has 0 aliphatic rings. The van der Waals surface area contributed by atoms with E-state index in [9.17, 15) is 8.42 Å². The Balaban J connectivity index is 0.00000529. The van der Waals surface area contributed by atoms with Gasteiger partial charge in [-0.3, -0.25) is 4.99 Å². The lowest BCUT2D eigenvalue weighted by Gasteiger charge is -2.17. The molecule has 138 valence electrons. The second kappa shape index (κ2) is 10.9. The number of benzene rings is 1. The van der Waals surface area contributed by atoms with Crippen LogP contribution in [-0.4, -0.2) is 59.6 Å². The normalized spacial score (nSPS) is 13.3. The molecule has 1 rings (SSSR count). The predicted molar refractivity (Wildman–Crippen MR) is 107 cm³/mol. The largest absolute Gasteiger partial charge is 0.383 e. The van der Waals surface area contributed by atoms with Gasteiger partial charge in [0.1, 0.15) is 0 Å². The Kier molecular flexibility index (Phi) is 10.4. The van der Waals surface area contributed by atoms with Crippen molar-refractivity contribution in [1.82, 2.24) is 14.9 Å². The number of rotatable bonds is 7. The fourth-order valence-electron chi connectivity index (χ4n) is 1.90. The van der Waals surface area contributed by atoms with Crippen molar-refractivity contribution in [2.24, 2.45) is 4.99 Å². The molecular weight excluding hydrogens is 443 g/mol. The second-order valence-corrected chi connectivity index (χ2v) is 7.51. The summed E-state index contributed by atoms with van der Waals surface area (Å²) in [4.78, 5) is 4.42. The van der Waals surface area contributed by atoms with Gasteiger partial charge in [-0.1, -0.05) is 12.1 Å². The van der Waals surface area contributed by atoms with Crippen molar-refractivity contribution >= 4 is 40.0 Å². The lowest BCUT2D eigenvalue weighted by molar-refractivity contribution is 0.179. The van der Waals surface area contributed by atoms with E-state index in [2.05, 4.69) is 15.6 Å². The second-order valence-electron chi connectivity index (χ2n) is 5.36. The van der Waals surface area contributed by atoms with Gasteiger partial charge in [0.05, 0.1) is 11.5 Å². The number of methoxy groups -OCH3 is 1. The molecule has 24 heavy (non-hydrogen) atoms. The summed E-state index contributed by atoms with van der Waals surface area (Å²) in [5.74, 6) is 0.666. The Bertz CT molecular complexity index is 618. The van der Waals surface area contributed by atoms with E-state index < -0.39 is 10.0 Å². The first-order valence-electron chi connectivity index (χ1n) is 7.28. The summed E-state index contributed by atoms with van der Waals surface area (Å²) < 4.78 is 30.3. The van der Waals surface area contributed by atoms with E-state index >= 15 is 0 Å². The Morgan fingerprint density at radius 1 is 1.29 bits per heavy atom. The number of ether oxygens (including phenoxy) is 1. The van der Waals surface area contributed by atoms with E-state index in [4.69, 9.17) is 4.74 Å². The minimum atomic E-state index is -3.39. The number of hydrogen-bond donors (Lipinski definition) is 2. The number of hydrogen-bond acceptors (Lipinski definition) is 4. The van der Waals surface area contributed by atoms with Crippen LogP contribution in [0.15, 0.2) is 34.2 Å². The van der Waals surface area contributed by atoms with Gasteiger partial charge in [-0.05, 0) is 24.6 Å². The van der Waals surface area contributed by atoms with Gasteiger partial charge >= 0.3 is 0 Å². The molecular formula is C15H27IN4O3S. The Hall–Kier alpha value is -0.910. The molecule has 0 spiro atoms. The Labute approximate surface area is 161 Å². The average molecular weight is 470 g/mol. The highest BCUT2D eigenvalue weighted by molar-refractivity contribution is 14.0. The molecule has 0 heterocycles. The number of aliphatic imine (C=N–C) groups is 1. The number of guanidine groups is 1. The molecule has 0 fully saturated rings. The maximum Gasteiger partial charge on any atom is 0.242 e. The summed E-state index contributed by atoms with van der Waals surface area (Å²) in [5, 5.41) is 6.38. The van der Waals surface area contributed by atoms with Crippen molar-refractivity contribution in [3.8, 4) is 0 Å². The Morgan fingerprint density at radius 2 is 1.88 bits per heavy atom. The van der Waals surface area contributed by atoms with Crippen LogP contribution >= 0.6 is 24.0 Å². The van der Waals surface area contributed by atoms with Crippen molar-refractivity contribution in [1.29, 1.82) is 0 Å². The van der Waals surface area contributed by atoms with Crippen molar-refractivity contribution < 1.29 is 13.2 Å². The lowest BCUT2D eigenvalue weighted by atomic mass is 10.2. The zero-order valence-electron chi connectivity index (χ0n) is 14.7. The fourth-order valence-corrected chi connectivity index (χ4v) is 2.80. The number of nitrogens with one attached hydrogen (secondary N) is 2. The molecule has 0 radical (unpaired) electrons. The molecule has 0 saturated carbocycles. The van der Waals surface area contributed by atoms with Crippen molar-refractivity contribution in [2.45, 2.75) is 24.4 Å². The third kappa shape index (κ3) is 6.91. The van der Waals surface area contributed by atoms with E-state index in [0.29, 0.717) is 19.1 Å². The molecule has 9 heteroatoms. The van der Waals surface area contributed by atoms with Crippen molar-refractivity contribution in [3.05, 3.63) is 29.8 Å². The van der Waals surface area contributed by atoms with Crippen LogP contribution in [-0.2, 0) is 21.3 Å². The summed E-state index contributed by atoms with van der Waals surface area (Å²) in [6.45, 7) is 3.12. The molecule has 0 aliphatic carbocycles. The van der Waals surface area contributed by atoms with Gasteiger partial charge < -0.3 is 15.4 Å². The number of nitrogens with zero attached hydrogens (tertiary/aromatic N) is 2. The smallest absolute Gasteiger partial charge is 0.242 e. The highest BCUT2D eigenvalue weighted by Gasteiger charge is 2.16. The summed E-state index contributed by atoms with van der Waals surface area (Å²) in [5.41, 5.74) is 0.963. The predicted octanol–water partition coefficient (Wildman–Crippen LogP) is 1.25. The van der Waals surface area contributed by atoms with Crippen LogP contribution in [0, 0.1) is 0 Å². The summed E-state index contributed by atoms with van der Waals surface area (Å²) in [7, 11) is 2.99. The van der Waals surface area contributed by atoms with Gasteiger partial charge in [-0.15, -0.1) is 24.0 Å². The minimum absolute atomic E-state index is 0. The van der Waals surface area contributed by atoms with E-state index in [0.717, 1.165) is 5.56 Å². The fraction of sp³-hybridized carbons (Fsp3) is 0.533. The van der Waals surface area contributed by atoms with Crippen molar-refractivity contribution in [2.75, 3.05) is 34.9 Å². The zero-order chi connectivity index (χ0) is 17.5. The topological polar surface area (TPSA) is 83.0 Å². The first kappa shape index (κ1) is 23.1. The molecule has 0 aromatic heterocycles. The van der Waals surface area contributed by atoms with Crippen LogP contribution in [0.4, 0.5) is 0 Å². The number of halogens is 1. The Morgan fingerprint density at radius 3 is 2.33 bits per heavy atom. The average Bonchev–Trinajstić information content (AvgIpc) is 2.51. The van der Waals surface area contributed by atoms with Gasteiger partial charge in [-0.25, -0.2) is 12.7 Å². The van der Waals surface area contributed by atoms with Gasteiger partial charge in [0.15, 0.2) is 5.96 Å². The van der Waals surface area contributed by atoms with E-state index in [1.165, 1.54) is 18.4 Å². The molecule has 1 aromatic carbocycles. The van der Waals surface area contributed by atoms with Crippen LogP contribution in [0.2, 0.25) is 0 Å². The van der Waals surface area contributed by atoms with Crippen LogP contribution in [0.3, 0.4) is 0 Å². The molecule has 2 N–H and O–H groups in total. The molecule has 0 bridgehead atoms. The van der Waals surface area contributed by atoms with E-state index in [1.807, 2.05) is 6.92 Å². The maximum atomic E-state index is 12.0. The molecule has 0 amide bonds. The van der Waals surface area contributed by atoms with Gasteiger partial charge in [0.25, 0.3) is 0 Å². The van der Waals surface area contributed by atoms with Gasteiger partial charge in [0.2, 0.25) is 10.0 Å². The van der Waals surface area contributed by atoms with Crippen LogP contribution in [0.25, 0.3) is 0 Å². The minimum Gasteiger partial charge on any atom is -0.383 e. The zero-order valence-corrected chi connectivity index (χ0v) is 17.9. The first-order chi connectivity index (χ1) is 10.8. The van der Waals surface area contributed by atoms with Gasteiger partial charge in [0, 0.05) is 40.8 Å². The molecule has 0 aliphatic heterocycles. The molecule has 1 atom stereocenters. The van der Waals surface area contributed by atoms with Crippen LogP contribution in [0.1, 0.15) is 12.5 Å². The lowest BCUT2D eigenvalue weighted by Crippen LogP contribution is -2.43. The van der Waals surface area contributed by atoms with E-state index in [-0.39, 0.29) is 34.9 Å². The number of sulfonamides is 1. The third-order valence-electron chi connectivity index (χ3n) is 3.19. The third-order valence-corrected chi connectivity index (χ3v) is 5.01. The summed E-state index contributed by atoms with van der Waals surface area (Å²) in [6, 6.07) is 6.93. The van der Waals surface area contributed by atoms with Crippen LogP contribution in [0.5, 0.6) is 0 Å². The quantitative estimate of drug-likeness (QED) is 0.356. The molecule has 1 aromatic rings. The molecule has 7 nitrogen and oxygen atoms in total. The van der Waals surface area contributed by atoms with Crippen molar-refractivity contribution in [3.63, 3.8) is 0 Å². The molecule has 1 unspecified atom stereocenters.